The number of para-hydroxylation sites is 2. The minimum absolute atomic E-state index is 0.158. The molecule has 4 rings (SSSR count). The fourth-order valence-electron chi connectivity index (χ4n) is 2.79. The van der Waals surface area contributed by atoms with Crippen LogP contribution in [0, 0.1) is 0 Å². The van der Waals surface area contributed by atoms with E-state index in [1.54, 1.807) is 36.0 Å². The lowest BCUT2D eigenvalue weighted by Gasteiger charge is -2.13. The van der Waals surface area contributed by atoms with E-state index in [1.807, 2.05) is 30.3 Å². The van der Waals surface area contributed by atoms with Crippen molar-refractivity contribution in [2.24, 2.45) is 7.05 Å². The summed E-state index contributed by atoms with van der Waals surface area (Å²) in [5.41, 5.74) is 0.956. The van der Waals surface area contributed by atoms with Crippen LogP contribution in [0.3, 0.4) is 0 Å². The fourth-order valence-corrected chi connectivity index (χ4v) is 2.79. The Morgan fingerprint density at radius 2 is 1.54 bits per heavy atom. The Bertz CT molecular complexity index is 1120. The maximum absolute atomic E-state index is 13.4. The number of rotatable bonds is 4. The van der Waals surface area contributed by atoms with Gasteiger partial charge in [-0.25, -0.2) is 15.0 Å². The number of fused-ring (bicyclic) bond motifs is 1. The van der Waals surface area contributed by atoms with Crippen LogP contribution in [-0.4, -0.2) is 19.5 Å². The van der Waals surface area contributed by atoms with E-state index < -0.39 is 17.8 Å². The Morgan fingerprint density at radius 1 is 0.893 bits per heavy atom. The summed E-state index contributed by atoms with van der Waals surface area (Å²) in [5, 5.41) is 0. The molecule has 0 atom stereocenters. The summed E-state index contributed by atoms with van der Waals surface area (Å²) in [6.07, 6.45) is -2.88. The lowest BCUT2D eigenvalue weighted by molar-refractivity contribution is -0.142. The highest BCUT2D eigenvalue weighted by Gasteiger charge is 2.38. The minimum Gasteiger partial charge on any atom is -0.468 e. The second-order valence-electron chi connectivity index (χ2n) is 6.17. The molecule has 2 heterocycles. The first-order valence-electron chi connectivity index (χ1n) is 8.46. The zero-order chi connectivity index (χ0) is 19.7. The number of halogens is 3. The van der Waals surface area contributed by atoms with E-state index in [9.17, 15) is 13.2 Å². The summed E-state index contributed by atoms with van der Waals surface area (Å²) in [4.78, 5) is 12.2. The number of aromatic nitrogens is 4. The Morgan fingerprint density at radius 3 is 2.21 bits per heavy atom. The summed E-state index contributed by atoms with van der Waals surface area (Å²) in [7, 11) is 1.76. The molecule has 0 unspecified atom stereocenters. The molecule has 0 saturated carbocycles. The van der Waals surface area contributed by atoms with Gasteiger partial charge in [0.25, 0.3) is 0 Å². The van der Waals surface area contributed by atoms with Crippen molar-refractivity contribution in [3.63, 3.8) is 0 Å². The van der Waals surface area contributed by atoms with Gasteiger partial charge in [0.15, 0.2) is 0 Å². The summed E-state index contributed by atoms with van der Waals surface area (Å²) in [5.74, 6) is -0.0857. The molecule has 0 bridgehead atoms. The van der Waals surface area contributed by atoms with Crippen molar-refractivity contribution in [2.45, 2.75) is 12.8 Å². The molecule has 0 radical (unpaired) electrons. The van der Waals surface area contributed by atoms with Crippen molar-refractivity contribution in [2.75, 3.05) is 0 Å². The van der Waals surface area contributed by atoms with Gasteiger partial charge in [0.05, 0.1) is 16.7 Å². The van der Waals surface area contributed by atoms with Gasteiger partial charge in [0, 0.05) is 18.8 Å². The van der Waals surface area contributed by atoms with E-state index in [1.165, 1.54) is 6.07 Å². The Labute approximate surface area is 158 Å². The van der Waals surface area contributed by atoms with Crippen LogP contribution in [-0.2, 0) is 19.8 Å². The van der Waals surface area contributed by atoms with Crippen molar-refractivity contribution < 1.29 is 17.9 Å². The third-order valence-corrected chi connectivity index (χ3v) is 4.19. The zero-order valence-corrected chi connectivity index (χ0v) is 14.8. The molecule has 0 aliphatic heterocycles. The van der Waals surface area contributed by atoms with Crippen molar-refractivity contribution >= 4 is 11.0 Å². The Balaban J connectivity index is 1.65. The first kappa shape index (κ1) is 18.0. The number of ether oxygens (including phenoxy) is 1. The lowest BCUT2D eigenvalue weighted by atomic mass is 10.2. The van der Waals surface area contributed by atoms with E-state index in [0.717, 1.165) is 5.56 Å². The maximum atomic E-state index is 13.4. The van der Waals surface area contributed by atoms with Gasteiger partial charge in [0.2, 0.25) is 11.6 Å². The number of nitrogens with zero attached hydrogens (tertiary/aromatic N) is 4. The van der Waals surface area contributed by atoms with Gasteiger partial charge >= 0.3 is 6.18 Å². The van der Waals surface area contributed by atoms with Crippen LogP contribution < -0.4 is 4.74 Å². The zero-order valence-electron chi connectivity index (χ0n) is 14.8. The number of imidazole rings is 1. The molecule has 0 saturated heterocycles. The first-order chi connectivity index (χ1) is 13.4. The average Bonchev–Trinajstić information content (AvgIpc) is 3.06. The Kier molecular flexibility index (Phi) is 4.46. The third kappa shape index (κ3) is 3.53. The largest absolute Gasteiger partial charge is 0.468 e. The van der Waals surface area contributed by atoms with Crippen LogP contribution in [0.15, 0.2) is 60.8 Å². The normalized spacial score (nSPS) is 11.7. The van der Waals surface area contributed by atoms with Crippen molar-refractivity contribution in [3.8, 4) is 17.1 Å². The number of alkyl halides is 3. The maximum Gasteiger partial charge on any atom is 0.438 e. The fraction of sp³-hybridized carbons (Fsp3) is 0.150. The monoisotopic (exact) mass is 384 g/mol. The second kappa shape index (κ2) is 6.95. The number of benzene rings is 2. The molecule has 4 aromatic rings. The van der Waals surface area contributed by atoms with E-state index >= 15 is 0 Å². The van der Waals surface area contributed by atoms with Crippen molar-refractivity contribution in [1.82, 2.24) is 19.5 Å². The molecule has 142 valence electrons. The molecule has 0 aliphatic rings. The first-order valence-corrected chi connectivity index (χ1v) is 8.46. The van der Waals surface area contributed by atoms with Crippen LogP contribution in [0.4, 0.5) is 13.2 Å². The SMILES string of the molecule is Cn1cc(-c2ccccc2)nc1COc1nc2ccccc2nc1C(F)(F)F. The second-order valence-corrected chi connectivity index (χ2v) is 6.17. The predicted molar refractivity (Wildman–Crippen MR) is 97.5 cm³/mol. The molecule has 2 aromatic heterocycles. The van der Waals surface area contributed by atoms with Gasteiger partial charge in [-0.15, -0.1) is 0 Å². The van der Waals surface area contributed by atoms with E-state index in [0.29, 0.717) is 17.0 Å². The molecule has 5 nitrogen and oxygen atoms in total. The van der Waals surface area contributed by atoms with Crippen molar-refractivity contribution in [1.29, 1.82) is 0 Å². The number of aryl methyl sites for hydroxylation is 1. The van der Waals surface area contributed by atoms with Crippen molar-refractivity contribution in [3.05, 3.63) is 72.3 Å². The average molecular weight is 384 g/mol. The van der Waals surface area contributed by atoms with Gasteiger partial charge in [-0.3, -0.25) is 0 Å². The molecule has 0 fully saturated rings. The summed E-state index contributed by atoms with van der Waals surface area (Å²) in [6, 6.07) is 15.8. The van der Waals surface area contributed by atoms with Crippen LogP contribution in [0.1, 0.15) is 11.5 Å². The molecule has 0 spiro atoms. The van der Waals surface area contributed by atoms with Crippen LogP contribution in [0.2, 0.25) is 0 Å². The summed E-state index contributed by atoms with van der Waals surface area (Å²) in [6.45, 7) is -0.167. The van der Waals surface area contributed by atoms with Crippen LogP contribution >= 0.6 is 0 Å². The molecule has 0 aliphatic carbocycles. The van der Waals surface area contributed by atoms with E-state index in [2.05, 4.69) is 15.0 Å². The Hall–Kier alpha value is -3.42. The molecular weight excluding hydrogens is 369 g/mol. The minimum atomic E-state index is -4.68. The highest BCUT2D eigenvalue weighted by molar-refractivity contribution is 5.74. The third-order valence-electron chi connectivity index (χ3n) is 4.19. The molecular formula is C20H15F3N4O. The van der Waals surface area contributed by atoms with Gasteiger partial charge in [-0.05, 0) is 12.1 Å². The molecule has 28 heavy (non-hydrogen) atoms. The van der Waals surface area contributed by atoms with Gasteiger partial charge in [-0.1, -0.05) is 42.5 Å². The summed E-state index contributed by atoms with van der Waals surface area (Å²) < 4.78 is 47.3. The summed E-state index contributed by atoms with van der Waals surface area (Å²) >= 11 is 0. The number of hydrogen-bond acceptors (Lipinski definition) is 4. The van der Waals surface area contributed by atoms with E-state index in [4.69, 9.17) is 4.74 Å². The van der Waals surface area contributed by atoms with Crippen LogP contribution in [0.5, 0.6) is 5.88 Å². The van der Waals surface area contributed by atoms with Gasteiger partial charge in [0.1, 0.15) is 12.4 Å². The topological polar surface area (TPSA) is 52.8 Å². The quantitative estimate of drug-likeness (QED) is 0.515. The standard InChI is InChI=1S/C20H15F3N4O/c1-27-11-16(13-7-3-2-4-8-13)24-17(27)12-28-19-18(20(21,22)23)25-14-9-5-6-10-15(14)26-19/h2-11H,12H2,1H3. The van der Waals surface area contributed by atoms with Gasteiger partial charge < -0.3 is 9.30 Å². The van der Waals surface area contributed by atoms with E-state index in [-0.39, 0.29) is 12.1 Å². The van der Waals surface area contributed by atoms with Gasteiger partial charge in [-0.2, -0.15) is 13.2 Å². The molecule has 0 N–H and O–H groups in total. The predicted octanol–water partition coefficient (Wildman–Crippen LogP) is 4.63. The number of hydrogen-bond donors (Lipinski definition) is 0. The highest BCUT2D eigenvalue weighted by atomic mass is 19.4. The molecule has 8 heteroatoms. The van der Waals surface area contributed by atoms with Crippen LogP contribution in [0.25, 0.3) is 22.3 Å². The smallest absolute Gasteiger partial charge is 0.438 e. The molecule has 2 aromatic carbocycles. The lowest BCUT2D eigenvalue weighted by Crippen LogP contribution is -2.14. The molecule has 0 amide bonds. The highest BCUT2D eigenvalue weighted by Crippen LogP contribution is 2.35.